The second-order valence-electron chi connectivity index (χ2n) is 8.89. The highest BCUT2D eigenvalue weighted by Gasteiger charge is 2.28. The number of fused-ring (bicyclic) bond motifs is 3. The number of pyridine rings is 1. The molecule has 152 valence electrons. The van der Waals surface area contributed by atoms with E-state index in [2.05, 4.69) is 116 Å². The van der Waals surface area contributed by atoms with Crippen molar-refractivity contribution in [1.82, 2.24) is 4.98 Å². The van der Waals surface area contributed by atoms with Gasteiger partial charge in [0.2, 0.25) is 5.69 Å². The number of benzene rings is 3. The Morgan fingerprint density at radius 3 is 2.00 bits per heavy atom. The average Bonchev–Trinajstić information content (AvgIpc) is 2.79. The molecule has 3 heteroatoms. The Hall–Kier alpha value is -3.72. The van der Waals surface area contributed by atoms with E-state index in [1.807, 2.05) is 12.1 Å². The summed E-state index contributed by atoms with van der Waals surface area (Å²) in [6, 6.07) is 31.6. The lowest BCUT2D eigenvalue weighted by molar-refractivity contribution is -0.501. The molecule has 0 radical (unpaired) electrons. The Balaban J connectivity index is 1.98. The average molecular weight is 405 g/mol. The predicted octanol–water partition coefficient (Wildman–Crippen LogP) is 6.52. The van der Waals surface area contributed by atoms with Gasteiger partial charge >= 0.3 is 5.82 Å². The molecule has 0 saturated heterocycles. The smallest absolute Gasteiger partial charge is 0.336 e. The van der Waals surface area contributed by atoms with Crippen LogP contribution in [0.3, 0.4) is 0 Å². The zero-order chi connectivity index (χ0) is 21.4. The lowest BCUT2D eigenvalue weighted by atomic mass is 10.0. The number of aromatic nitrogens is 2. The molecule has 0 bridgehead atoms. The summed E-state index contributed by atoms with van der Waals surface area (Å²) in [6.07, 6.45) is 2.13. The minimum absolute atomic E-state index is 0.121. The summed E-state index contributed by atoms with van der Waals surface area (Å²) in [7, 11) is 0. The maximum atomic E-state index is 5.23. The minimum Gasteiger partial charge on any atom is -0.373 e. The molecule has 1 N–H and O–H groups in total. The SMILES string of the molecule is CC(C)(C)Nc1c(-c2ccccc2)nc(-c2ccccc2)[n+]2ccc3ccccc3c12. The van der Waals surface area contributed by atoms with E-state index >= 15 is 0 Å². The maximum Gasteiger partial charge on any atom is 0.336 e. The summed E-state index contributed by atoms with van der Waals surface area (Å²) in [6.45, 7) is 6.57. The van der Waals surface area contributed by atoms with Gasteiger partial charge in [-0.05, 0) is 49.3 Å². The van der Waals surface area contributed by atoms with Gasteiger partial charge in [0.05, 0.1) is 11.8 Å². The Bertz CT molecular complexity index is 1370. The number of nitrogens with zero attached hydrogens (tertiary/aromatic N) is 2. The second kappa shape index (κ2) is 7.51. The van der Waals surface area contributed by atoms with Crippen LogP contribution in [-0.2, 0) is 0 Å². The minimum atomic E-state index is -0.121. The summed E-state index contributed by atoms with van der Waals surface area (Å²) >= 11 is 0. The molecule has 0 amide bonds. The zero-order valence-corrected chi connectivity index (χ0v) is 18.1. The monoisotopic (exact) mass is 404 g/mol. The van der Waals surface area contributed by atoms with E-state index in [4.69, 9.17) is 4.98 Å². The van der Waals surface area contributed by atoms with Crippen LogP contribution in [-0.4, -0.2) is 10.5 Å². The van der Waals surface area contributed by atoms with Gasteiger partial charge in [0, 0.05) is 16.5 Å². The first-order chi connectivity index (χ1) is 15.0. The molecule has 5 rings (SSSR count). The quantitative estimate of drug-likeness (QED) is 0.274. The summed E-state index contributed by atoms with van der Waals surface area (Å²) in [5.74, 6) is 0.930. The topological polar surface area (TPSA) is 29.0 Å². The Labute approximate surface area is 183 Å². The first kappa shape index (κ1) is 19.3. The van der Waals surface area contributed by atoms with Gasteiger partial charge in [0.1, 0.15) is 5.69 Å². The molecule has 2 aromatic heterocycles. The number of nitrogens with one attached hydrogen (secondary N) is 1. The van der Waals surface area contributed by atoms with Gasteiger partial charge in [-0.1, -0.05) is 72.8 Å². The first-order valence-corrected chi connectivity index (χ1v) is 10.7. The molecule has 0 aliphatic rings. The molecule has 0 spiro atoms. The summed E-state index contributed by atoms with van der Waals surface area (Å²) < 4.78 is 2.22. The Morgan fingerprint density at radius 2 is 1.32 bits per heavy atom. The maximum absolute atomic E-state index is 5.23. The molecule has 31 heavy (non-hydrogen) atoms. The highest BCUT2D eigenvalue weighted by atomic mass is 15.1. The van der Waals surface area contributed by atoms with E-state index in [1.54, 1.807) is 0 Å². The van der Waals surface area contributed by atoms with Crippen molar-refractivity contribution in [3.63, 3.8) is 0 Å². The molecule has 5 aromatic rings. The van der Waals surface area contributed by atoms with Gasteiger partial charge in [0.25, 0.3) is 0 Å². The van der Waals surface area contributed by atoms with Gasteiger partial charge < -0.3 is 5.32 Å². The van der Waals surface area contributed by atoms with Crippen molar-refractivity contribution >= 4 is 22.0 Å². The molecular weight excluding hydrogens is 378 g/mol. The first-order valence-electron chi connectivity index (χ1n) is 10.7. The van der Waals surface area contributed by atoms with Crippen LogP contribution in [0.5, 0.6) is 0 Å². The van der Waals surface area contributed by atoms with Crippen LogP contribution in [0.15, 0.2) is 97.2 Å². The van der Waals surface area contributed by atoms with Crippen LogP contribution in [0.25, 0.3) is 38.9 Å². The normalized spacial score (nSPS) is 11.7. The molecule has 0 aliphatic carbocycles. The molecule has 0 aliphatic heterocycles. The van der Waals surface area contributed by atoms with E-state index in [-0.39, 0.29) is 5.54 Å². The van der Waals surface area contributed by atoms with Crippen molar-refractivity contribution in [2.45, 2.75) is 26.3 Å². The van der Waals surface area contributed by atoms with Gasteiger partial charge in [-0.2, -0.15) is 4.40 Å². The molecule has 2 heterocycles. The highest BCUT2D eigenvalue weighted by molar-refractivity contribution is 6.03. The third kappa shape index (κ3) is 3.64. The van der Waals surface area contributed by atoms with Gasteiger partial charge in [-0.3, -0.25) is 0 Å². The van der Waals surface area contributed by atoms with Crippen molar-refractivity contribution in [2.75, 3.05) is 5.32 Å². The molecular formula is C28H26N3+. The molecule has 0 atom stereocenters. The van der Waals surface area contributed by atoms with E-state index in [0.29, 0.717) is 0 Å². The van der Waals surface area contributed by atoms with Crippen molar-refractivity contribution in [3.05, 3.63) is 97.2 Å². The van der Waals surface area contributed by atoms with Crippen molar-refractivity contribution < 1.29 is 4.40 Å². The fourth-order valence-corrected chi connectivity index (χ4v) is 4.07. The van der Waals surface area contributed by atoms with Gasteiger partial charge in [-0.15, -0.1) is 0 Å². The van der Waals surface area contributed by atoms with Crippen LogP contribution in [0.4, 0.5) is 5.69 Å². The fraction of sp³-hybridized carbons (Fsp3) is 0.143. The summed E-state index contributed by atoms with van der Waals surface area (Å²) in [5, 5.41) is 6.19. The van der Waals surface area contributed by atoms with Crippen molar-refractivity contribution in [3.8, 4) is 22.6 Å². The van der Waals surface area contributed by atoms with E-state index in [0.717, 1.165) is 33.8 Å². The lowest BCUT2D eigenvalue weighted by Crippen LogP contribution is -2.32. The van der Waals surface area contributed by atoms with E-state index < -0.39 is 0 Å². The van der Waals surface area contributed by atoms with Crippen LogP contribution in [0.2, 0.25) is 0 Å². The number of rotatable bonds is 3. The van der Waals surface area contributed by atoms with Gasteiger partial charge in [0.15, 0.2) is 5.52 Å². The Kier molecular flexibility index (Phi) is 4.67. The fourth-order valence-electron chi connectivity index (χ4n) is 4.07. The van der Waals surface area contributed by atoms with Crippen molar-refractivity contribution in [1.29, 1.82) is 0 Å². The Morgan fingerprint density at radius 1 is 0.710 bits per heavy atom. The third-order valence-corrected chi connectivity index (χ3v) is 5.36. The van der Waals surface area contributed by atoms with Crippen LogP contribution in [0, 0.1) is 0 Å². The molecule has 0 unspecified atom stereocenters. The van der Waals surface area contributed by atoms with Crippen molar-refractivity contribution in [2.24, 2.45) is 0 Å². The number of hydrogen-bond acceptors (Lipinski definition) is 2. The highest BCUT2D eigenvalue weighted by Crippen LogP contribution is 2.35. The summed E-state index contributed by atoms with van der Waals surface area (Å²) in [4.78, 5) is 5.23. The van der Waals surface area contributed by atoms with Gasteiger partial charge in [-0.25, -0.2) is 0 Å². The van der Waals surface area contributed by atoms with E-state index in [9.17, 15) is 0 Å². The van der Waals surface area contributed by atoms with Crippen LogP contribution in [0.1, 0.15) is 20.8 Å². The molecule has 3 nitrogen and oxygen atoms in total. The molecule has 3 aromatic carbocycles. The molecule has 0 saturated carbocycles. The molecule has 0 fully saturated rings. The van der Waals surface area contributed by atoms with Crippen LogP contribution >= 0.6 is 0 Å². The largest absolute Gasteiger partial charge is 0.373 e. The third-order valence-electron chi connectivity index (χ3n) is 5.36. The van der Waals surface area contributed by atoms with E-state index in [1.165, 1.54) is 10.8 Å². The predicted molar refractivity (Wildman–Crippen MR) is 129 cm³/mol. The number of anilines is 1. The summed E-state index contributed by atoms with van der Waals surface area (Å²) in [5.41, 5.74) is 5.22. The number of hydrogen-bond donors (Lipinski definition) is 1. The lowest BCUT2D eigenvalue weighted by Gasteiger charge is -2.23. The zero-order valence-electron chi connectivity index (χ0n) is 18.1. The standard InChI is InChI=1S/C28H26N3/c1-28(2,3)30-25-24(21-13-6-4-7-14-21)29-27(22-15-8-5-9-16-22)31-19-18-20-12-10-11-17-23(20)26(25)31/h4-19,30H,1-3H3/q+1. The second-order valence-corrected chi connectivity index (χ2v) is 8.89. The van der Waals surface area contributed by atoms with Crippen LogP contribution < -0.4 is 9.72 Å².